The third kappa shape index (κ3) is 5.29. The second-order valence-corrected chi connectivity index (χ2v) is 8.34. The van der Waals surface area contributed by atoms with E-state index in [0.717, 1.165) is 25.7 Å². The highest BCUT2D eigenvalue weighted by Crippen LogP contribution is 2.41. The van der Waals surface area contributed by atoms with Crippen LogP contribution >= 0.6 is 0 Å². The van der Waals surface area contributed by atoms with E-state index in [1.807, 2.05) is 0 Å². The van der Waals surface area contributed by atoms with E-state index in [1.54, 1.807) is 36.4 Å². The third-order valence-electron chi connectivity index (χ3n) is 6.16. The van der Waals surface area contributed by atoms with Crippen molar-refractivity contribution in [2.45, 2.75) is 44.3 Å². The number of furan rings is 2. The lowest BCUT2D eigenvalue weighted by atomic mass is 10.0. The third-order valence-corrected chi connectivity index (χ3v) is 6.16. The molecular formula is C26H30N2O7. The summed E-state index contributed by atoms with van der Waals surface area (Å²) in [5.41, 5.74) is 0.501. The number of nitrogens with zero attached hydrogens (tertiary/aromatic N) is 1. The number of benzene rings is 1. The average Bonchev–Trinajstić information content (AvgIpc) is 3.66. The number of hydrogen-bond acceptors (Lipinski definition) is 7. The van der Waals surface area contributed by atoms with Crippen LogP contribution in [0.1, 0.15) is 53.6 Å². The summed E-state index contributed by atoms with van der Waals surface area (Å²) < 4.78 is 27.4. The van der Waals surface area contributed by atoms with Crippen LogP contribution in [0.2, 0.25) is 0 Å². The molecule has 2 heterocycles. The van der Waals surface area contributed by atoms with Gasteiger partial charge in [0.15, 0.2) is 17.3 Å². The monoisotopic (exact) mass is 482 g/mol. The largest absolute Gasteiger partial charge is 0.493 e. The van der Waals surface area contributed by atoms with E-state index in [1.165, 1.54) is 38.8 Å². The molecule has 1 aromatic carbocycles. The van der Waals surface area contributed by atoms with Crippen LogP contribution in [-0.4, -0.2) is 44.1 Å². The van der Waals surface area contributed by atoms with Crippen LogP contribution in [0.15, 0.2) is 57.8 Å². The minimum atomic E-state index is -1.02. The zero-order valence-corrected chi connectivity index (χ0v) is 20.1. The molecule has 1 atom stereocenters. The van der Waals surface area contributed by atoms with Gasteiger partial charge in [0, 0.05) is 6.04 Å². The molecule has 1 aliphatic carbocycles. The van der Waals surface area contributed by atoms with E-state index in [0.29, 0.717) is 28.6 Å². The summed E-state index contributed by atoms with van der Waals surface area (Å²) in [6.07, 6.45) is 6.86. The highest BCUT2D eigenvalue weighted by atomic mass is 16.5. The van der Waals surface area contributed by atoms with Crippen molar-refractivity contribution < 1.29 is 32.6 Å². The van der Waals surface area contributed by atoms with Gasteiger partial charge in [0.2, 0.25) is 11.7 Å². The standard InChI is InChI=1S/C26H30N2O7/c1-31-21-14-17(15-22(32-2)24(21)33-3)23(25(29)27-18-8-4-5-9-18)28(16-19-10-6-12-34-19)26(30)20-11-7-13-35-20/h6-7,10-15,18,23H,4-5,8-9,16H2,1-3H3,(H,27,29)/t23-/m1/s1. The molecule has 0 aliphatic heterocycles. The quantitative estimate of drug-likeness (QED) is 0.458. The van der Waals surface area contributed by atoms with Gasteiger partial charge in [-0.3, -0.25) is 9.59 Å². The minimum Gasteiger partial charge on any atom is -0.493 e. The van der Waals surface area contributed by atoms with Gasteiger partial charge in [0.25, 0.3) is 5.91 Å². The van der Waals surface area contributed by atoms with E-state index in [-0.39, 0.29) is 24.3 Å². The number of ether oxygens (including phenoxy) is 3. The van der Waals surface area contributed by atoms with Gasteiger partial charge >= 0.3 is 0 Å². The molecule has 2 aromatic heterocycles. The van der Waals surface area contributed by atoms with Crippen LogP contribution in [0.4, 0.5) is 0 Å². The Labute approximate surface area is 203 Å². The fraction of sp³-hybridized carbons (Fsp3) is 0.385. The van der Waals surface area contributed by atoms with Crippen molar-refractivity contribution in [3.8, 4) is 17.2 Å². The SMILES string of the molecule is COc1cc([C@H](C(=O)NC2CCCC2)N(Cc2ccco2)C(=O)c2ccco2)cc(OC)c1OC. The zero-order valence-electron chi connectivity index (χ0n) is 20.1. The predicted molar refractivity (Wildman–Crippen MR) is 127 cm³/mol. The lowest BCUT2D eigenvalue weighted by molar-refractivity contribution is -0.126. The highest BCUT2D eigenvalue weighted by molar-refractivity contribution is 5.96. The minimum absolute atomic E-state index is 0.0476. The second kappa shape index (κ2) is 11.0. The van der Waals surface area contributed by atoms with Crippen molar-refractivity contribution in [2.24, 2.45) is 0 Å². The predicted octanol–water partition coefficient (Wildman–Crippen LogP) is 4.34. The Morgan fingerprint density at radius 2 is 1.66 bits per heavy atom. The van der Waals surface area contributed by atoms with Gasteiger partial charge in [-0.2, -0.15) is 0 Å². The Kier molecular flexibility index (Phi) is 7.64. The summed E-state index contributed by atoms with van der Waals surface area (Å²) in [4.78, 5) is 28.9. The molecular weight excluding hydrogens is 452 g/mol. The van der Waals surface area contributed by atoms with Crippen molar-refractivity contribution in [3.63, 3.8) is 0 Å². The Bertz CT molecular complexity index is 1090. The molecule has 1 aliphatic rings. The zero-order chi connectivity index (χ0) is 24.8. The number of rotatable bonds is 10. The molecule has 4 rings (SSSR count). The number of methoxy groups -OCH3 is 3. The van der Waals surface area contributed by atoms with Gasteiger partial charge in [0.1, 0.15) is 11.8 Å². The second-order valence-electron chi connectivity index (χ2n) is 8.34. The van der Waals surface area contributed by atoms with Crippen LogP contribution in [0, 0.1) is 0 Å². The van der Waals surface area contributed by atoms with Gasteiger partial charge in [-0.15, -0.1) is 0 Å². The van der Waals surface area contributed by atoms with E-state index in [2.05, 4.69) is 5.32 Å². The molecule has 0 radical (unpaired) electrons. The van der Waals surface area contributed by atoms with Crippen molar-refractivity contribution in [3.05, 3.63) is 66.0 Å². The van der Waals surface area contributed by atoms with Crippen LogP contribution in [0.3, 0.4) is 0 Å². The normalized spacial score (nSPS) is 14.4. The molecule has 1 N–H and O–H groups in total. The summed E-state index contributed by atoms with van der Waals surface area (Å²) in [5, 5.41) is 3.13. The molecule has 1 saturated carbocycles. The topological polar surface area (TPSA) is 103 Å². The first-order valence-electron chi connectivity index (χ1n) is 11.5. The molecule has 0 spiro atoms. The van der Waals surface area contributed by atoms with Gasteiger partial charge in [-0.25, -0.2) is 0 Å². The van der Waals surface area contributed by atoms with E-state index in [4.69, 9.17) is 23.0 Å². The molecule has 2 amide bonds. The van der Waals surface area contributed by atoms with Crippen molar-refractivity contribution in [1.29, 1.82) is 0 Å². The average molecular weight is 483 g/mol. The lowest BCUT2D eigenvalue weighted by Gasteiger charge is -2.31. The van der Waals surface area contributed by atoms with Crippen LogP contribution in [-0.2, 0) is 11.3 Å². The Balaban J connectivity index is 1.82. The lowest BCUT2D eigenvalue weighted by Crippen LogP contribution is -2.45. The first kappa shape index (κ1) is 24.3. The smallest absolute Gasteiger partial charge is 0.290 e. The molecule has 0 bridgehead atoms. The van der Waals surface area contributed by atoms with Crippen LogP contribution in [0.5, 0.6) is 17.2 Å². The molecule has 35 heavy (non-hydrogen) atoms. The summed E-state index contributed by atoms with van der Waals surface area (Å²) in [6.45, 7) is 0.0476. The fourth-order valence-corrected chi connectivity index (χ4v) is 4.47. The molecule has 1 fully saturated rings. The number of amides is 2. The Morgan fingerprint density at radius 1 is 1.00 bits per heavy atom. The van der Waals surface area contributed by atoms with Gasteiger partial charge < -0.3 is 33.3 Å². The van der Waals surface area contributed by atoms with E-state index < -0.39 is 11.9 Å². The summed E-state index contributed by atoms with van der Waals surface area (Å²) in [6, 6.07) is 9.09. The summed E-state index contributed by atoms with van der Waals surface area (Å²) >= 11 is 0. The van der Waals surface area contributed by atoms with Crippen molar-refractivity contribution in [1.82, 2.24) is 10.2 Å². The van der Waals surface area contributed by atoms with Crippen LogP contribution in [0.25, 0.3) is 0 Å². The molecule has 9 nitrogen and oxygen atoms in total. The number of carbonyl (C=O) groups is 2. The summed E-state index contributed by atoms with van der Waals surface area (Å²) in [7, 11) is 4.51. The highest BCUT2D eigenvalue weighted by Gasteiger charge is 2.36. The van der Waals surface area contributed by atoms with E-state index >= 15 is 0 Å². The molecule has 0 unspecified atom stereocenters. The summed E-state index contributed by atoms with van der Waals surface area (Å²) in [5.74, 6) is 1.03. The maximum Gasteiger partial charge on any atom is 0.290 e. The fourth-order valence-electron chi connectivity index (χ4n) is 4.47. The Hall–Kier alpha value is -3.88. The van der Waals surface area contributed by atoms with Gasteiger partial charge in [-0.05, 0) is 54.8 Å². The molecule has 3 aromatic rings. The van der Waals surface area contributed by atoms with Gasteiger partial charge in [0.05, 0.1) is 40.4 Å². The van der Waals surface area contributed by atoms with Gasteiger partial charge in [-0.1, -0.05) is 12.8 Å². The number of carbonyl (C=O) groups excluding carboxylic acids is 2. The maximum atomic E-state index is 13.8. The molecule has 0 saturated heterocycles. The first-order chi connectivity index (χ1) is 17.0. The first-order valence-corrected chi connectivity index (χ1v) is 11.5. The van der Waals surface area contributed by atoms with Crippen molar-refractivity contribution >= 4 is 11.8 Å². The number of nitrogens with one attached hydrogen (secondary N) is 1. The molecule has 186 valence electrons. The van der Waals surface area contributed by atoms with Crippen LogP contribution < -0.4 is 19.5 Å². The van der Waals surface area contributed by atoms with Crippen molar-refractivity contribution in [2.75, 3.05) is 21.3 Å². The molecule has 9 heteroatoms. The maximum absolute atomic E-state index is 13.8. The number of hydrogen-bond donors (Lipinski definition) is 1. The van der Waals surface area contributed by atoms with E-state index in [9.17, 15) is 9.59 Å². The Morgan fingerprint density at radius 3 is 2.20 bits per heavy atom.